The van der Waals surface area contributed by atoms with E-state index in [2.05, 4.69) is 11.9 Å². The quantitative estimate of drug-likeness (QED) is 0.699. The van der Waals surface area contributed by atoms with Crippen LogP contribution in [0.2, 0.25) is 0 Å². The van der Waals surface area contributed by atoms with Crippen molar-refractivity contribution in [2.75, 3.05) is 26.7 Å². The molecular formula is C14H22N2O3S. The first-order valence-corrected chi connectivity index (χ1v) is 7.88. The topological polar surface area (TPSA) is 69.6 Å². The zero-order valence-corrected chi connectivity index (χ0v) is 12.8. The number of nitrogens with zero attached hydrogens (tertiary/aromatic N) is 1. The second kappa shape index (κ2) is 7.54. The number of rotatable bonds is 8. The molecule has 20 heavy (non-hydrogen) atoms. The van der Waals surface area contributed by atoms with E-state index in [0.717, 1.165) is 11.1 Å². The summed E-state index contributed by atoms with van der Waals surface area (Å²) >= 11 is 0. The molecule has 0 unspecified atom stereocenters. The number of benzene rings is 1. The van der Waals surface area contributed by atoms with E-state index >= 15 is 0 Å². The third-order valence-electron chi connectivity index (χ3n) is 3.06. The molecule has 1 aromatic carbocycles. The fourth-order valence-corrected chi connectivity index (χ4v) is 3.70. The van der Waals surface area contributed by atoms with Crippen LogP contribution in [0.3, 0.4) is 0 Å². The average molecular weight is 298 g/mol. The minimum absolute atomic E-state index is 0.0596. The maximum absolute atomic E-state index is 12.6. The summed E-state index contributed by atoms with van der Waals surface area (Å²) in [5.41, 5.74) is 1.67. The molecule has 0 atom stereocenters. The van der Waals surface area contributed by atoms with Gasteiger partial charge in [0.05, 0.1) is 11.5 Å². The van der Waals surface area contributed by atoms with Crippen LogP contribution in [0.4, 0.5) is 0 Å². The van der Waals surface area contributed by atoms with Crippen LogP contribution >= 0.6 is 0 Å². The van der Waals surface area contributed by atoms with Crippen LogP contribution in [-0.4, -0.2) is 44.6 Å². The van der Waals surface area contributed by atoms with Crippen molar-refractivity contribution >= 4 is 10.0 Å². The Morgan fingerprint density at radius 2 is 2.15 bits per heavy atom. The van der Waals surface area contributed by atoms with Crippen molar-refractivity contribution in [2.24, 2.45) is 0 Å². The Morgan fingerprint density at radius 1 is 1.45 bits per heavy atom. The van der Waals surface area contributed by atoms with Crippen LogP contribution in [0, 0.1) is 6.92 Å². The molecule has 0 heterocycles. The maximum Gasteiger partial charge on any atom is 0.243 e. The Morgan fingerprint density at radius 3 is 2.70 bits per heavy atom. The predicted octanol–water partition coefficient (Wildman–Crippen LogP) is 0.883. The molecule has 0 aliphatic rings. The first-order valence-electron chi connectivity index (χ1n) is 6.44. The normalized spacial score (nSPS) is 11.8. The lowest BCUT2D eigenvalue weighted by molar-refractivity contribution is 0.260. The molecule has 1 rings (SSSR count). The van der Waals surface area contributed by atoms with Crippen molar-refractivity contribution in [2.45, 2.75) is 18.4 Å². The smallest absolute Gasteiger partial charge is 0.243 e. The Balaban J connectivity index is 3.26. The zero-order valence-electron chi connectivity index (χ0n) is 12.0. The summed E-state index contributed by atoms with van der Waals surface area (Å²) in [7, 11) is -1.81. The monoisotopic (exact) mass is 298 g/mol. The van der Waals surface area contributed by atoms with Gasteiger partial charge in [-0.25, -0.2) is 8.42 Å². The second-order valence-electron chi connectivity index (χ2n) is 4.45. The summed E-state index contributed by atoms with van der Waals surface area (Å²) in [6, 6.07) is 5.23. The highest BCUT2D eigenvalue weighted by Gasteiger charge is 2.25. The van der Waals surface area contributed by atoms with E-state index in [-0.39, 0.29) is 24.6 Å². The minimum atomic E-state index is -3.62. The summed E-state index contributed by atoms with van der Waals surface area (Å²) in [5.74, 6) is 0. The fraction of sp³-hybridized carbons (Fsp3) is 0.429. The molecule has 2 N–H and O–H groups in total. The third-order valence-corrected chi connectivity index (χ3v) is 5.07. The van der Waals surface area contributed by atoms with E-state index in [1.807, 2.05) is 13.1 Å². The van der Waals surface area contributed by atoms with Crippen LogP contribution in [0.15, 0.2) is 35.7 Å². The Bertz CT molecular complexity index is 556. The Hall–Kier alpha value is -1.21. The van der Waals surface area contributed by atoms with Gasteiger partial charge in [-0.3, -0.25) is 0 Å². The summed E-state index contributed by atoms with van der Waals surface area (Å²) in [6.45, 7) is 5.98. The molecule has 0 bridgehead atoms. The highest BCUT2D eigenvalue weighted by molar-refractivity contribution is 7.89. The van der Waals surface area contributed by atoms with E-state index in [1.54, 1.807) is 19.1 Å². The molecule has 0 aliphatic heterocycles. The SMILES string of the molecule is C=CCN(CCO)S(=O)(=O)c1cccc(CNC)c1C. The molecular weight excluding hydrogens is 276 g/mol. The zero-order chi connectivity index (χ0) is 15.2. The lowest BCUT2D eigenvalue weighted by atomic mass is 10.1. The lowest BCUT2D eigenvalue weighted by Gasteiger charge is -2.21. The van der Waals surface area contributed by atoms with Gasteiger partial charge >= 0.3 is 0 Å². The second-order valence-corrected chi connectivity index (χ2v) is 6.35. The number of aliphatic hydroxyl groups excluding tert-OH is 1. The van der Waals surface area contributed by atoms with Crippen molar-refractivity contribution in [3.63, 3.8) is 0 Å². The van der Waals surface area contributed by atoms with Gasteiger partial charge in [0, 0.05) is 19.6 Å². The fourth-order valence-electron chi connectivity index (χ4n) is 2.03. The highest BCUT2D eigenvalue weighted by atomic mass is 32.2. The molecule has 112 valence electrons. The molecule has 0 radical (unpaired) electrons. The van der Waals surface area contributed by atoms with E-state index in [4.69, 9.17) is 5.11 Å². The number of nitrogens with one attached hydrogen (secondary N) is 1. The van der Waals surface area contributed by atoms with Gasteiger partial charge in [-0.1, -0.05) is 18.2 Å². The Labute approximate surface area is 121 Å². The molecule has 0 spiro atoms. The highest BCUT2D eigenvalue weighted by Crippen LogP contribution is 2.22. The molecule has 0 amide bonds. The van der Waals surface area contributed by atoms with Gasteiger partial charge in [-0.05, 0) is 31.2 Å². The number of hydrogen-bond acceptors (Lipinski definition) is 4. The molecule has 6 heteroatoms. The van der Waals surface area contributed by atoms with Gasteiger partial charge < -0.3 is 10.4 Å². The molecule has 0 aliphatic carbocycles. The summed E-state index contributed by atoms with van der Waals surface area (Å²) < 4.78 is 26.5. The van der Waals surface area contributed by atoms with E-state index < -0.39 is 10.0 Å². The number of aliphatic hydroxyl groups is 1. The maximum atomic E-state index is 12.6. The largest absolute Gasteiger partial charge is 0.395 e. The summed E-state index contributed by atoms with van der Waals surface area (Å²) in [4.78, 5) is 0.278. The molecule has 0 aromatic heterocycles. The lowest BCUT2D eigenvalue weighted by Crippen LogP contribution is -2.34. The predicted molar refractivity (Wildman–Crippen MR) is 80.0 cm³/mol. The average Bonchev–Trinajstić information content (AvgIpc) is 2.41. The van der Waals surface area contributed by atoms with Gasteiger partial charge in [0.15, 0.2) is 0 Å². The first-order chi connectivity index (χ1) is 9.48. The van der Waals surface area contributed by atoms with E-state index in [0.29, 0.717) is 6.54 Å². The van der Waals surface area contributed by atoms with Gasteiger partial charge in [0.2, 0.25) is 10.0 Å². The van der Waals surface area contributed by atoms with Crippen LogP contribution in [0.1, 0.15) is 11.1 Å². The van der Waals surface area contributed by atoms with Crippen molar-refractivity contribution in [1.82, 2.24) is 9.62 Å². The first kappa shape index (κ1) is 16.8. The van der Waals surface area contributed by atoms with Crippen LogP contribution in [-0.2, 0) is 16.6 Å². The molecule has 0 fully saturated rings. The minimum Gasteiger partial charge on any atom is -0.395 e. The third kappa shape index (κ3) is 3.67. The molecule has 1 aromatic rings. The standard InChI is InChI=1S/C14H22N2O3S/c1-4-8-16(9-10-17)20(18,19)14-7-5-6-13(11-15-3)12(14)2/h4-7,15,17H,1,8-11H2,2-3H3. The number of sulfonamides is 1. The van der Waals surface area contributed by atoms with E-state index in [1.165, 1.54) is 10.4 Å². The molecule has 0 saturated heterocycles. The van der Waals surface area contributed by atoms with Gasteiger partial charge in [-0.2, -0.15) is 4.31 Å². The van der Waals surface area contributed by atoms with Crippen LogP contribution in [0.25, 0.3) is 0 Å². The summed E-state index contributed by atoms with van der Waals surface area (Å²) in [6.07, 6.45) is 1.51. The summed E-state index contributed by atoms with van der Waals surface area (Å²) in [5, 5.41) is 12.0. The van der Waals surface area contributed by atoms with E-state index in [9.17, 15) is 8.42 Å². The van der Waals surface area contributed by atoms with Gasteiger partial charge in [0.1, 0.15) is 0 Å². The number of hydrogen-bond donors (Lipinski definition) is 2. The van der Waals surface area contributed by atoms with Gasteiger partial charge in [-0.15, -0.1) is 6.58 Å². The van der Waals surface area contributed by atoms with Crippen molar-refractivity contribution in [1.29, 1.82) is 0 Å². The van der Waals surface area contributed by atoms with Gasteiger partial charge in [0.25, 0.3) is 0 Å². The van der Waals surface area contributed by atoms with Crippen molar-refractivity contribution < 1.29 is 13.5 Å². The van der Waals surface area contributed by atoms with Crippen LogP contribution in [0.5, 0.6) is 0 Å². The Kier molecular flexibility index (Phi) is 6.35. The van der Waals surface area contributed by atoms with Crippen LogP contribution < -0.4 is 5.32 Å². The van der Waals surface area contributed by atoms with Crippen molar-refractivity contribution in [3.8, 4) is 0 Å². The molecule has 0 saturated carbocycles. The molecule has 5 nitrogen and oxygen atoms in total. The van der Waals surface area contributed by atoms with Crippen molar-refractivity contribution in [3.05, 3.63) is 42.0 Å².